The Morgan fingerprint density at radius 2 is 2.00 bits per heavy atom. The van der Waals surface area contributed by atoms with Crippen LogP contribution in [0.15, 0.2) is 18.2 Å². The van der Waals surface area contributed by atoms with Crippen LogP contribution in [-0.4, -0.2) is 32.2 Å². The summed E-state index contributed by atoms with van der Waals surface area (Å²) in [5.41, 5.74) is 1.02. The predicted octanol–water partition coefficient (Wildman–Crippen LogP) is 2.69. The van der Waals surface area contributed by atoms with Crippen molar-refractivity contribution < 1.29 is 14.3 Å². The first kappa shape index (κ1) is 19.6. The fraction of sp³-hybridized carbons (Fsp3) is 0.588. The van der Waals surface area contributed by atoms with Gasteiger partial charge in [0, 0.05) is 6.54 Å². The van der Waals surface area contributed by atoms with Gasteiger partial charge in [0.15, 0.2) is 11.5 Å². The number of hydrogen-bond donors (Lipinski definition) is 2. The molecule has 0 saturated carbocycles. The maximum absolute atomic E-state index is 12.2. The molecule has 23 heavy (non-hydrogen) atoms. The molecular formula is C17H27ClN2O3. The number of carbonyl (C=O) groups is 1. The van der Waals surface area contributed by atoms with Crippen molar-refractivity contribution in [3.8, 4) is 11.5 Å². The zero-order valence-electron chi connectivity index (χ0n) is 14.1. The molecule has 1 heterocycles. The van der Waals surface area contributed by atoms with E-state index in [0.717, 1.165) is 36.6 Å². The highest BCUT2D eigenvalue weighted by Gasteiger charge is 2.24. The third kappa shape index (κ3) is 5.29. The van der Waals surface area contributed by atoms with Crippen molar-refractivity contribution in [2.24, 2.45) is 5.92 Å². The van der Waals surface area contributed by atoms with E-state index in [2.05, 4.69) is 10.6 Å². The molecule has 0 radical (unpaired) electrons. The molecule has 1 aliphatic heterocycles. The molecule has 2 N–H and O–H groups in total. The van der Waals surface area contributed by atoms with Gasteiger partial charge in [-0.3, -0.25) is 4.79 Å². The maximum atomic E-state index is 12.2. The third-order valence-electron chi connectivity index (χ3n) is 3.86. The van der Waals surface area contributed by atoms with Gasteiger partial charge in [0.25, 0.3) is 0 Å². The summed E-state index contributed by atoms with van der Waals surface area (Å²) in [6.07, 6.45) is 0.909. The molecule has 1 saturated heterocycles. The summed E-state index contributed by atoms with van der Waals surface area (Å²) in [5, 5.41) is 6.30. The fourth-order valence-corrected chi connectivity index (χ4v) is 2.63. The number of rotatable bonds is 7. The Bertz CT molecular complexity index is 505. The molecule has 0 spiro atoms. The first-order valence-electron chi connectivity index (χ1n) is 8.06. The van der Waals surface area contributed by atoms with Crippen molar-refractivity contribution in [1.82, 2.24) is 10.6 Å². The van der Waals surface area contributed by atoms with Gasteiger partial charge >= 0.3 is 0 Å². The van der Waals surface area contributed by atoms with Gasteiger partial charge < -0.3 is 20.1 Å². The van der Waals surface area contributed by atoms with Gasteiger partial charge in [-0.15, -0.1) is 12.4 Å². The van der Waals surface area contributed by atoms with E-state index in [-0.39, 0.29) is 30.3 Å². The molecular weight excluding hydrogens is 316 g/mol. The second kappa shape index (κ2) is 9.63. The first-order chi connectivity index (χ1) is 10.7. The molecule has 1 fully saturated rings. The lowest BCUT2D eigenvalue weighted by Gasteiger charge is -2.19. The zero-order valence-corrected chi connectivity index (χ0v) is 14.9. The smallest absolute Gasteiger partial charge is 0.224 e. The predicted molar refractivity (Wildman–Crippen MR) is 93.6 cm³/mol. The molecule has 1 aromatic carbocycles. The Morgan fingerprint density at radius 3 is 2.61 bits per heavy atom. The van der Waals surface area contributed by atoms with E-state index in [4.69, 9.17) is 9.47 Å². The molecule has 1 amide bonds. The number of hydrogen-bond acceptors (Lipinski definition) is 4. The van der Waals surface area contributed by atoms with Gasteiger partial charge in [-0.05, 0) is 51.4 Å². The van der Waals surface area contributed by atoms with Crippen LogP contribution in [0.4, 0.5) is 0 Å². The summed E-state index contributed by atoms with van der Waals surface area (Å²) in [5.74, 6) is 1.66. The van der Waals surface area contributed by atoms with E-state index >= 15 is 0 Å². The van der Waals surface area contributed by atoms with Gasteiger partial charge in [-0.25, -0.2) is 0 Å². The lowest BCUT2D eigenvalue weighted by Crippen LogP contribution is -2.33. The standard InChI is InChI=1S/C17H26N2O3.ClH/c1-4-21-15-7-6-13(10-16(15)22-5-2)12(3)19-17(20)14-8-9-18-11-14;/h6-7,10,12,14,18H,4-5,8-9,11H2,1-3H3,(H,19,20);1H. The topological polar surface area (TPSA) is 59.6 Å². The van der Waals surface area contributed by atoms with Crippen LogP contribution < -0.4 is 20.1 Å². The Kier molecular flexibility index (Phi) is 8.20. The van der Waals surface area contributed by atoms with Crippen LogP contribution in [0.25, 0.3) is 0 Å². The SMILES string of the molecule is CCOc1ccc(C(C)NC(=O)C2CCNC2)cc1OCC.Cl. The van der Waals surface area contributed by atoms with Crippen LogP contribution in [-0.2, 0) is 4.79 Å². The summed E-state index contributed by atoms with van der Waals surface area (Å²) in [6, 6.07) is 5.78. The van der Waals surface area contributed by atoms with Crippen LogP contribution in [0.3, 0.4) is 0 Å². The Hall–Kier alpha value is -1.46. The number of amides is 1. The summed E-state index contributed by atoms with van der Waals surface area (Å²) >= 11 is 0. The lowest BCUT2D eigenvalue weighted by atomic mass is 10.0. The maximum Gasteiger partial charge on any atom is 0.224 e. The van der Waals surface area contributed by atoms with Gasteiger partial charge in [0.1, 0.15) is 0 Å². The molecule has 2 atom stereocenters. The highest BCUT2D eigenvalue weighted by atomic mass is 35.5. The van der Waals surface area contributed by atoms with E-state index in [0.29, 0.717) is 13.2 Å². The van der Waals surface area contributed by atoms with E-state index in [1.807, 2.05) is 39.0 Å². The zero-order chi connectivity index (χ0) is 15.9. The number of carbonyl (C=O) groups excluding carboxylic acids is 1. The number of nitrogens with one attached hydrogen (secondary N) is 2. The molecule has 6 heteroatoms. The fourth-order valence-electron chi connectivity index (χ4n) is 2.63. The van der Waals surface area contributed by atoms with E-state index < -0.39 is 0 Å². The molecule has 5 nitrogen and oxygen atoms in total. The van der Waals surface area contributed by atoms with E-state index in [1.165, 1.54) is 0 Å². The highest BCUT2D eigenvalue weighted by molar-refractivity contribution is 5.85. The lowest BCUT2D eigenvalue weighted by molar-refractivity contribution is -0.125. The minimum atomic E-state index is -0.0528. The largest absolute Gasteiger partial charge is 0.490 e. The quantitative estimate of drug-likeness (QED) is 0.800. The Balaban J connectivity index is 0.00000264. The molecule has 2 rings (SSSR count). The molecule has 0 aliphatic carbocycles. The van der Waals surface area contributed by atoms with Crippen LogP contribution in [0.1, 0.15) is 38.8 Å². The van der Waals surface area contributed by atoms with E-state index in [1.54, 1.807) is 0 Å². The second-order valence-electron chi connectivity index (χ2n) is 5.49. The minimum Gasteiger partial charge on any atom is -0.490 e. The average Bonchev–Trinajstić information content (AvgIpc) is 3.04. The van der Waals surface area contributed by atoms with Gasteiger partial charge in [0.05, 0.1) is 25.2 Å². The normalized spacial score (nSPS) is 18.0. The van der Waals surface area contributed by atoms with Crippen molar-refractivity contribution in [2.75, 3.05) is 26.3 Å². The van der Waals surface area contributed by atoms with Gasteiger partial charge in [-0.1, -0.05) is 6.07 Å². The highest BCUT2D eigenvalue weighted by Crippen LogP contribution is 2.30. The summed E-state index contributed by atoms with van der Waals surface area (Å²) < 4.78 is 11.2. The minimum absolute atomic E-state index is 0. The summed E-state index contributed by atoms with van der Waals surface area (Å²) in [6.45, 7) is 8.75. The van der Waals surface area contributed by atoms with Crippen molar-refractivity contribution in [3.05, 3.63) is 23.8 Å². The van der Waals surface area contributed by atoms with Crippen LogP contribution in [0.5, 0.6) is 11.5 Å². The van der Waals surface area contributed by atoms with Gasteiger partial charge in [0.2, 0.25) is 5.91 Å². The molecule has 0 aromatic heterocycles. The Labute approximate surface area is 144 Å². The Morgan fingerprint density at radius 1 is 1.30 bits per heavy atom. The molecule has 0 bridgehead atoms. The summed E-state index contributed by atoms with van der Waals surface area (Å²) in [7, 11) is 0. The van der Waals surface area contributed by atoms with Crippen molar-refractivity contribution in [2.45, 2.75) is 33.2 Å². The molecule has 2 unspecified atom stereocenters. The molecule has 130 valence electrons. The molecule has 1 aliphatic rings. The second-order valence-corrected chi connectivity index (χ2v) is 5.49. The van der Waals surface area contributed by atoms with E-state index in [9.17, 15) is 4.79 Å². The first-order valence-corrected chi connectivity index (χ1v) is 8.06. The van der Waals surface area contributed by atoms with Crippen LogP contribution in [0.2, 0.25) is 0 Å². The third-order valence-corrected chi connectivity index (χ3v) is 3.86. The average molecular weight is 343 g/mol. The molecule has 1 aromatic rings. The van der Waals surface area contributed by atoms with Crippen LogP contribution >= 0.6 is 12.4 Å². The number of ether oxygens (including phenoxy) is 2. The number of benzene rings is 1. The van der Waals surface area contributed by atoms with Crippen molar-refractivity contribution in [3.63, 3.8) is 0 Å². The summed E-state index contributed by atoms with van der Waals surface area (Å²) in [4.78, 5) is 12.2. The monoisotopic (exact) mass is 342 g/mol. The van der Waals surface area contributed by atoms with Crippen molar-refractivity contribution >= 4 is 18.3 Å². The van der Waals surface area contributed by atoms with Crippen molar-refractivity contribution in [1.29, 1.82) is 0 Å². The number of halogens is 1. The van der Waals surface area contributed by atoms with Gasteiger partial charge in [-0.2, -0.15) is 0 Å². The van der Waals surface area contributed by atoms with Crippen LogP contribution in [0, 0.1) is 5.92 Å².